The molecule has 5 nitrogen and oxygen atoms in total. The van der Waals surface area contributed by atoms with Gasteiger partial charge in [0.1, 0.15) is 5.82 Å². The third kappa shape index (κ3) is 5.98. The van der Waals surface area contributed by atoms with Crippen molar-refractivity contribution in [1.82, 2.24) is 20.1 Å². The Bertz CT molecular complexity index is 757. The summed E-state index contributed by atoms with van der Waals surface area (Å²) >= 11 is 1.54. The first-order valence-corrected chi connectivity index (χ1v) is 9.86. The molecule has 1 amide bonds. The number of nitrogens with one attached hydrogen (secondary N) is 1. The van der Waals surface area contributed by atoms with Crippen LogP contribution in [0.1, 0.15) is 42.0 Å². The molecule has 0 fully saturated rings. The van der Waals surface area contributed by atoms with Gasteiger partial charge in [-0.1, -0.05) is 25.6 Å². The fourth-order valence-corrected chi connectivity index (χ4v) is 3.09. The Hall–Kier alpha value is -2.03. The molecular formula is C18H23F3N4OS. The monoisotopic (exact) mass is 400 g/mol. The summed E-state index contributed by atoms with van der Waals surface area (Å²) in [4.78, 5) is 12.1. The molecule has 0 radical (unpaired) electrons. The fourth-order valence-electron chi connectivity index (χ4n) is 2.56. The summed E-state index contributed by atoms with van der Waals surface area (Å²) < 4.78 is 39.8. The lowest BCUT2D eigenvalue weighted by Gasteiger charge is -2.12. The summed E-state index contributed by atoms with van der Waals surface area (Å²) in [6.07, 6.45) is -1.13. The number of aromatic nitrogens is 3. The zero-order valence-corrected chi connectivity index (χ0v) is 16.3. The quantitative estimate of drug-likeness (QED) is 0.537. The molecule has 0 spiro atoms. The minimum absolute atomic E-state index is 0.204. The Labute approximate surface area is 160 Å². The maximum Gasteiger partial charge on any atom is 0.416 e. The first-order valence-electron chi connectivity index (χ1n) is 8.64. The van der Waals surface area contributed by atoms with Crippen LogP contribution in [0.4, 0.5) is 13.2 Å². The molecule has 0 aliphatic heterocycles. The van der Waals surface area contributed by atoms with E-state index in [0.29, 0.717) is 25.3 Å². The molecule has 1 heterocycles. The Morgan fingerprint density at radius 2 is 1.89 bits per heavy atom. The minimum atomic E-state index is -4.41. The number of aryl methyl sites for hydroxylation is 1. The van der Waals surface area contributed by atoms with Gasteiger partial charge < -0.3 is 9.88 Å². The second kappa shape index (κ2) is 9.25. The molecule has 148 valence electrons. The van der Waals surface area contributed by atoms with Crippen molar-refractivity contribution in [3.8, 4) is 0 Å². The summed E-state index contributed by atoms with van der Waals surface area (Å²) in [6.45, 7) is 5.48. The smallest absolute Gasteiger partial charge is 0.352 e. The van der Waals surface area contributed by atoms with E-state index >= 15 is 0 Å². The number of hydrogen-bond acceptors (Lipinski definition) is 4. The van der Waals surface area contributed by atoms with Gasteiger partial charge >= 0.3 is 6.18 Å². The Morgan fingerprint density at radius 3 is 2.44 bits per heavy atom. The highest BCUT2D eigenvalue weighted by Crippen LogP contribution is 2.29. The number of hydrogen-bond donors (Lipinski definition) is 1. The van der Waals surface area contributed by atoms with Crippen LogP contribution in [0.2, 0.25) is 0 Å². The molecule has 2 rings (SSSR count). The van der Waals surface area contributed by atoms with Crippen molar-refractivity contribution in [1.29, 1.82) is 0 Å². The molecule has 9 heteroatoms. The minimum Gasteiger partial charge on any atom is -0.352 e. The van der Waals surface area contributed by atoms with E-state index in [4.69, 9.17) is 0 Å². The molecule has 1 aromatic carbocycles. The highest BCUT2D eigenvalue weighted by atomic mass is 32.2. The van der Waals surface area contributed by atoms with Crippen LogP contribution < -0.4 is 5.32 Å². The normalized spacial score (nSPS) is 11.8. The molecule has 2 aromatic rings. The fraction of sp³-hybridized carbons (Fsp3) is 0.500. The lowest BCUT2D eigenvalue weighted by molar-refractivity contribution is -0.137. The SMILES string of the molecule is CSc1nnc(CCCNC(=O)c2ccc(C(F)(F)F)cc2)n1CC(C)C. The molecule has 0 aliphatic carbocycles. The van der Waals surface area contributed by atoms with E-state index in [1.807, 2.05) is 6.26 Å². The predicted octanol–water partition coefficient (Wildman–Crippen LogP) is 4.04. The second-order valence-corrected chi connectivity index (χ2v) is 7.32. The van der Waals surface area contributed by atoms with Crippen LogP contribution in [0.3, 0.4) is 0 Å². The number of rotatable bonds is 8. The second-order valence-electron chi connectivity index (χ2n) is 6.54. The van der Waals surface area contributed by atoms with E-state index in [1.54, 1.807) is 11.8 Å². The standard InChI is InChI=1S/C18H23F3N4OS/c1-12(2)11-25-15(23-24-17(25)27-3)5-4-10-22-16(26)13-6-8-14(9-7-13)18(19,20)21/h6-9,12H,4-5,10-11H2,1-3H3,(H,22,26). The van der Waals surface area contributed by atoms with Crippen LogP contribution >= 0.6 is 11.8 Å². The zero-order chi connectivity index (χ0) is 20.0. The van der Waals surface area contributed by atoms with Gasteiger partial charge in [0.05, 0.1) is 5.56 Å². The van der Waals surface area contributed by atoms with Gasteiger partial charge in [-0.05, 0) is 42.9 Å². The molecule has 0 aliphatic rings. The summed E-state index contributed by atoms with van der Waals surface area (Å²) in [7, 11) is 0. The summed E-state index contributed by atoms with van der Waals surface area (Å²) in [6, 6.07) is 4.19. The lowest BCUT2D eigenvalue weighted by Crippen LogP contribution is -2.25. The highest BCUT2D eigenvalue weighted by Gasteiger charge is 2.30. The van der Waals surface area contributed by atoms with Crippen molar-refractivity contribution in [2.75, 3.05) is 12.8 Å². The molecule has 0 saturated heterocycles. The topological polar surface area (TPSA) is 59.8 Å². The first-order chi connectivity index (χ1) is 12.7. The number of amides is 1. The third-order valence-corrected chi connectivity index (χ3v) is 4.53. The Balaban J connectivity index is 1.86. The van der Waals surface area contributed by atoms with Gasteiger partial charge in [0.2, 0.25) is 0 Å². The Kier molecular flexibility index (Phi) is 7.29. The largest absolute Gasteiger partial charge is 0.416 e. The first kappa shape index (κ1) is 21.3. The summed E-state index contributed by atoms with van der Waals surface area (Å²) in [5.74, 6) is 0.944. The van der Waals surface area contributed by atoms with Crippen LogP contribution in [0, 0.1) is 5.92 Å². The molecule has 0 bridgehead atoms. The number of alkyl halides is 3. The van der Waals surface area contributed by atoms with Crippen molar-refractivity contribution in [3.63, 3.8) is 0 Å². The molecule has 0 unspecified atom stereocenters. The zero-order valence-electron chi connectivity index (χ0n) is 15.5. The van der Waals surface area contributed by atoms with E-state index in [9.17, 15) is 18.0 Å². The molecule has 1 aromatic heterocycles. The number of nitrogens with zero attached hydrogens (tertiary/aromatic N) is 3. The summed E-state index contributed by atoms with van der Waals surface area (Å²) in [5.41, 5.74) is -0.566. The number of thioether (sulfide) groups is 1. The maximum absolute atomic E-state index is 12.6. The van der Waals surface area contributed by atoms with Gasteiger partial charge in [-0.25, -0.2) is 0 Å². The predicted molar refractivity (Wildman–Crippen MR) is 98.7 cm³/mol. The van der Waals surface area contributed by atoms with Gasteiger partial charge in [0.25, 0.3) is 5.91 Å². The summed E-state index contributed by atoms with van der Waals surface area (Å²) in [5, 5.41) is 12.0. The van der Waals surface area contributed by atoms with Crippen LogP contribution in [0.5, 0.6) is 0 Å². The highest BCUT2D eigenvalue weighted by molar-refractivity contribution is 7.98. The molecule has 27 heavy (non-hydrogen) atoms. The van der Waals surface area contributed by atoms with Crippen molar-refractivity contribution in [3.05, 3.63) is 41.2 Å². The molecule has 0 atom stereocenters. The third-order valence-electron chi connectivity index (χ3n) is 3.86. The number of halogens is 3. The Morgan fingerprint density at radius 1 is 1.22 bits per heavy atom. The van der Waals surface area contributed by atoms with Crippen molar-refractivity contribution in [2.24, 2.45) is 5.92 Å². The van der Waals surface area contributed by atoms with E-state index in [-0.39, 0.29) is 5.56 Å². The van der Waals surface area contributed by atoms with Gasteiger partial charge in [-0.15, -0.1) is 10.2 Å². The van der Waals surface area contributed by atoms with E-state index in [2.05, 4.69) is 33.9 Å². The lowest BCUT2D eigenvalue weighted by atomic mass is 10.1. The van der Waals surface area contributed by atoms with E-state index in [0.717, 1.165) is 29.7 Å². The van der Waals surface area contributed by atoms with E-state index < -0.39 is 17.6 Å². The van der Waals surface area contributed by atoms with Crippen molar-refractivity contribution in [2.45, 2.75) is 44.6 Å². The van der Waals surface area contributed by atoms with Gasteiger partial charge in [-0.3, -0.25) is 4.79 Å². The van der Waals surface area contributed by atoms with Crippen molar-refractivity contribution < 1.29 is 18.0 Å². The number of carbonyl (C=O) groups excluding carboxylic acids is 1. The van der Waals surface area contributed by atoms with Crippen molar-refractivity contribution >= 4 is 17.7 Å². The average molecular weight is 400 g/mol. The molecule has 1 N–H and O–H groups in total. The van der Waals surface area contributed by atoms with Gasteiger partial charge in [0, 0.05) is 25.1 Å². The molecular weight excluding hydrogens is 377 g/mol. The van der Waals surface area contributed by atoms with Crippen LogP contribution in [-0.2, 0) is 19.1 Å². The van der Waals surface area contributed by atoms with Crippen LogP contribution in [-0.4, -0.2) is 33.5 Å². The number of benzene rings is 1. The average Bonchev–Trinajstić information content (AvgIpc) is 2.99. The van der Waals surface area contributed by atoms with Gasteiger partial charge in [0.15, 0.2) is 5.16 Å². The van der Waals surface area contributed by atoms with Crippen LogP contribution in [0.25, 0.3) is 0 Å². The maximum atomic E-state index is 12.6. The van der Waals surface area contributed by atoms with E-state index in [1.165, 1.54) is 12.1 Å². The molecule has 0 saturated carbocycles. The van der Waals surface area contributed by atoms with Crippen LogP contribution in [0.15, 0.2) is 29.4 Å². The number of carbonyl (C=O) groups is 1. The van der Waals surface area contributed by atoms with Gasteiger partial charge in [-0.2, -0.15) is 13.2 Å².